The maximum Gasteiger partial charge on any atom is 0.257 e. The molecule has 1 aromatic carbocycles. The summed E-state index contributed by atoms with van der Waals surface area (Å²) in [6.45, 7) is 3.13. The largest absolute Gasteiger partial charge is 0.360 e. The summed E-state index contributed by atoms with van der Waals surface area (Å²) < 4.78 is 0. The number of amides is 3. The topological polar surface area (TPSA) is 82.3 Å². The Kier molecular flexibility index (Phi) is 2.83. The van der Waals surface area contributed by atoms with Crippen LogP contribution in [0, 0.1) is 0 Å². The third kappa shape index (κ3) is 1.99. The van der Waals surface area contributed by atoms with Crippen LogP contribution >= 0.6 is 0 Å². The molecule has 0 bridgehead atoms. The van der Waals surface area contributed by atoms with E-state index in [1.165, 1.54) is 4.90 Å². The van der Waals surface area contributed by atoms with Crippen molar-refractivity contribution >= 4 is 28.6 Å². The van der Waals surface area contributed by atoms with E-state index in [9.17, 15) is 14.4 Å². The van der Waals surface area contributed by atoms with Crippen molar-refractivity contribution in [2.24, 2.45) is 0 Å². The first kappa shape index (κ1) is 13.4. The van der Waals surface area contributed by atoms with Crippen molar-refractivity contribution in [3.8, 4) is 0 Å². The summed E-state index contributed by atoms with van der Waals surface area (Å²) >= 11 is 0. The zero-order valence-electron chi connectivity index (χ0n) is 11.8. The zero-order valence-corrected chi connectivity index (χ0v) is 11.8. The van der Waals surface area contributed by atoms with Gasteiger partial charge in [-0.1, -0.05) is 18.2 Å². The van der Waals surface area contributed by atoms with Gasteiger partial charge in [0.25, 0.3) is 11.8 Å². The third-order valence-electron chi connectivity index (χ3n) is 3.85. The molecule has 108 valence electrons. The maximum absolute atomic E-state index is 12.8. The van der Waals surface area contributed by atoms with Crippen LogP contribution in [0.1, 0.15) is 24.2 Å². The molecule has 2 N–H and O–H groups in total. The number of rotatable bonds is 1. The first-order valence-electron chi connectivity index (χ1n) is 6.63. The SMILES string of the molecule is CC1(C)C(=O)NC(=O)CN1C(=O)c1c[nH]c2ccccc12. The number of para-hydroxylation sites is 1. The van der Waals surface area contributed by atoms with Gasteiger partial charge in [0.2, 0.25) is 5.91 Å². The molecule has 2 aromatic rings. The molecule has 6 nitrogen and oxygen atoms in total. The maximum atomic E-state index is 12.8. The highest BCUT2D eigenvalue weighted by molar-refractivity contribution is 6.12. The lowest BCUT2D eigenvalue weighted by atomic mass is 9.97. The molecule has 1 aliphatic heterocycles. The summed E-state index contributed by atoms with van der Waals surface area (Å²) in [5, 5.41) is 3.03. The van der Waals surface area contributed by atoms with Crippen LogP contribution in [0.25, 0.3) is 10.9 Å². The Bertz CT molecular complexity index is 760. The molecule has 1 saturated heterocycles. The lowest BCUT2D eigenvalue weighted by molar-refractivity contribution is -0.143. The molecule has 1 aliphatic rings. The van der Waals surface area contributed by atoms with Gasteiger partial charge in [-0.3, -0.25) is 19.7 Å². The van der Waals surface area contributed by atoms with Crippen LogP contribution < -0.4 is 5.32 Å². The number of carbonyl (C=O) groups excluding carboxylic acids is 3. The normalized spacial score (nSPS) is 17.9. The number of carbonyl (C=O) groups is 3. The van der Waals surface area contributed by atoms with Gasteiger partial charge in [0.1, 0.15) is 12.1 Å². The Morgan fingerprint density at radius 1 is 1.24 bits per heavy atom. The Balaban J connectivity index is 2.04. The first-order valence-corrected chi connectivity index (χ1v) is 6.63. The minimum Gasteiger partial charge on any atom is -0.360 e. The molecular formula is C15H15N3O3. The van der Waals surface area contributed by atoms with Crippen molar-refractivity contribution in [3.05, 3.63) is 36.0 Å². The average molecular weight is 285 g/mol. The molecule has 21 heavy (non-hydrogen) atoms. The van der Waals surface area contributed by atoms with E-state index < -0.39 is 17.4 Å². The smallest absolute Gasteiger partial charge is 0.257 e. The summed E-state index contributed by atoms with van der Waals surface area (Å²) in [6, 6.07) is 7.41. The molecule has 0 saturated carbocycles. The van der Waals surface area contributed by atoms with E-state index in [4.69, 9.17) is 0 Å². The number of nitrogens with one attached hydrogen (secondary N) is 2. The van der Waals surface area contributed by atoms with Crippen LogP contribution in [0.5, 0.6) is 0 Å². The van der Waals surface area contributed by atoms with Crippen molar-refractivity contribution in [1.29, 1.82) is 0 Å². The summed E-state index contributed by atoms with van der Waals surface area (Å²) in [7, 11) is 0. The molecule has 0 radical (unpaired) electrons. The summed E-state index contributed by atoms with van der Waals surface area (Å²) in [5.74, 6) is -1.26. The lowest BCUT2D eigenvalue weighted by Crippen LogP contribution is -2.65. The van der Waals surface area contributed by atoms with Crippen LogP contribution in [-0.4, -0.2) is 39.7 Å². The number of imide groups is 1. The molecule has 1 aromatic heterocycles. The minimum absolute atomic E-state index is 0.128. The van der Waals surface area contributed by atoms with Crippen molar-refractivity contribution in [2.75, 3.05) is 6.54 Å². The quantitative estimate of drug-likeness (QED) is 0.768. The second-order valence-corrected chi connectivity index (χ2v) is 5.58. The lowest BCUT2D eigenvalue weighted by Gasteiger charge is -2.40. The molecular weight excluding hydrogens is 270 g/mol. The van der Waals surface area contributed by atoms with Crippen LogP contribution in [-0.2, 0) is 9.59 Å². The second kappa shape index (κ2) is 4.44. The van der Waals surface area contributed by atoms with Gasteiger partial charge < -0.3 is 9.88 Å². The van der Waals surface area contributed by atoms with Crippen LogP contribution in [0.2, 0.25) is 0 Å². The number of aromatic nitrogens is 1. The van der Waals surface area contributed by atoms with Gasteiger partial charge in [-0.2, -0.15) is 0 Å². The van der Waals surface area contributed by atoms with E-state index in [0.29, 0.717) is 5.56 Å². The monoisotopic (exact) mass is 285 g/mol. The molecule has 0 spiro atoms. The fraction of sp³-hybridized carbons (Fsp3) is 0.267. The van der Waals surface area contributed by atoms with Crippen molar-refractivity contribution in [3.63, 3.8) is 0 Å². The molecule has 0 unspecified atom stereocenters. The number of H-pyrrole nitrogens is 1. The standard InChI is InChI=1S/C15H15N3O3/c1-15(2)14(21)17-12(19)8-18(15)13(20)10-7-16-11-6-4-3-5-9(10)11/h3-7,16H,8H2,1-2H3,(H,17,19,21). The highest BCUT2D eigenvalue weighted by Gasteiger charge is 2.44. The predicted octanol–water partition coefficient (Wildman–Crippen LogP) is 1.05. The first-order chi connectivity index (χ1) is 9.91. The van der Waals surface area contributed by atoms with Gasteiger partial charge in [-0.15, -0.1) is 0 Å². The fourth-order valence-electron chi connectivity index (χ4n) is 2.50. The number of fused-ring (bicyclic) bond motifs is 1. The number of aromatic amines is 1. The van der Waals surface area contributed by atoms with Crippen LogP contribution in [0.4, 0.5) is 0 Å². The number of hydrogen-bond acceptors (Lipinski definition) is 3. The Morgan fingerprint density at radius 3 is 2.71 bits per heavy atom. The zero-order chi connectivity index (χ0) is 15.2. The fourth-order valence-corrected chi connectivity index (χ4v) is 2.50. The summed E-state index contributed by atoms with van der Waals surface area (Å²) in [5.41, 5.74) is 0.233. The number of nitrogens with zero attached hydrogens (tertiary/aromatic N) is 1. The highest BCUT2D eigenvalue weighted by atomic mass is 16.2. The highest BCUT2D eigenvalue weighted by Crippen LogP contribution is 2.25. The molecule has 2 heterocycles. The Hall–Kier alpha value is -2.63. The van der Waals surface area contributed by atoms with Gasteiger partial charge in [-0.05, 0) is 19.9 Å². The van der Waals surface area contributed by atoms with E-state index >= 15 is 0 Å². The predicted molar refractivity (Wildman–Crippen MR) is 76.6 cm³/mol. The van der Waals surface area contributed by atoms with Gasteiger partial charge in [0.15, 0.2) is 0 Å². The van der Waals surface area contributed by atoms with E-state index in [1.807, 2.05) is 24.3 Å². The van der Waals surface area contributed by atoms with Gasteiger partial charge >= 0.3 is 0 Å². The molecule has 1 fully saturated rings. The second-order valence-electron chi connectivity index (χ2n) is 5.58. The Labute approximate surface area is 121 Å². The molecule has 0 aliphatic carbocycles. The summed E-state index contributed by atoms with van der Waals surface area (Å²) in [6.07, 6.45) is 1.61. The molecule has 3 rings (SSSR count). The average Bonchev–Trinajstić information content (AvgIpc) is 2.86. The van der Waals surface area contributed by atoms with Crippen molar-refractivity contribution in [1.82, 2.24) is 15.2 Å². The summed E-state index contributed by atoms with van der Waals surface area (Å²) in [4.78, 5) is 40.6. The number of hydrogen-bond donors (Lipinski definition) is 2. The minimum atomic E-state index is -1.07. The van der Waals surface area contributed by atoms with Crippen molar-refractivity contribution < 1.29 is 14.4 Å². The van der Waals surface area contributed by atoms with Gasteiger partial charge in [0, 0.05) is 17.1 Å². The van der Waals surface area contributed by atoms with Crippen LogP contribution in [0.3, 0.4) is 0 Å². The number of piperazine rings is 1. The van der Waals surface area contributed by atoms with E-state index in [0.717, 1.165) is 10.9 Å². The van der Waals surface area contributed by atoms with E-state index in [2.05, 4.69) is 10.3 Å². The van der Waals surface area contributed by atoms with E-state index in [1.54, 1.807) is 20.0 Å². The van der Waals surface area contributed by atoms with Crippen molar-refractivity contribution in [2.45, 2.75) is 19.4 Å². The third-order valence-corrected chi connectivity index (χ3v) is 3.85. The molecule has 0 atom stereocenters. The van der Waals surface area contributed by atoms with Crippen LogP contribution in [0.15, 0.2) is 30.5 Å². The van der Waals surface area contributed by atoms with Gasteiger partial charge in [0.05, 0.1) is 5.56 Å². The number of benzene rings is 1. The Morgan fingerprint density at radius 2 is 1.95 bits per heavy atom. The molecule has 6 heteroatoms. The van der Waals surface area contributed by atoms with E-state index in [-0.39, 0.29) is 12.5 Å². The van der Waals surface area contributed by atoms with Gasteiger partial charge in [-0.25, -0.2) is 0 Å². The molecule has 3 amide bonds.